The molecule has 0 fully saturated rings. The van der Waals surface area contributed by atoms with Crippen LogP contribution in [-0.4, -0.2) is 5.11 Å². The fourth-order valence-corrected chi connectivity index (χ4v) is 0.587. The van der Waals surface area contributed by atoms with Crippen molar-refractivity contribution in [3.05, 3.63) is 16.9 Å². The van der Waals surface area contributed by atoms with E-state index >= 15 is 0 Å². The van der Waals surface area contributed by atoms with Gasteiger partial charge in [-0.3, -0.25) is 0 Å². The van der Waals surface area contributed by atoms with Crippen molar-refractivity contribution in [2.75, 3.05) is 0 Å². The molecule has 0 saturated carbocycles. The van der Waals surface area contributed by atoms with E-state index in [1.54, 1.807) is 12.4 Å². The van der Waals surface area contributed by atoms with Gasteiger partial charge in [0.1, 0.15) is 4.47 Å². The quantitative estimate of drug-likeness (QED) is 0.585. The third kappa shape index (κ3) is 1.16. The molecule has 3 nitrogen and oxygen atoms in total. The zero-order chi connectivity index (χ0) is 5.98. The molecule has 1 aromatic rings. The molecular weight excluding hydrogens is 172 g/mol. The topological polar surface area (TPSA) is 48.5 Å². The molecule has 0 radical (unpaired) electrons. The van der Waals surface area contributed by atoms with Crippen molar-refractivity contribution >= 4 is 15.9 Å². The maximum absolute atomic E-state index is 8.62. The monoisotopic (exact) mass is 176 g/mol. The van der Waals surface area contributed by atoms with Gasteiger partial charge in [0, 0.05) is 0 Å². The van der Waals surface area contributed by atoms with Gasteiger partial charge in [-0.15, -0.1) is 9.97 Å². The number of nitrogens with one attached hydrogen (secondary N) is 2. The van der Waals surface area contributed by atoms with Crippen LogP contribution >= 0.6 is 15.9 Å². The zero-order valence-corrected chi connectivity index (χ0v) is 5.57. The number of H-pyrrole nitrogens is 2. The van der Waals surface area contributed by atoms with Gasteiger partial charge in [0.25, 0.3) is 0 Å². The minimum atomic E-state index is 0.0493. The number of aromatic nitrogens is 2. The molecule has 0 atom stereocenters. The maximum atomic E-state index is 8.62. The molecule has 0 amide bonds. The minimum Gasteiger partial charge on any atom is -0.407 e. The molecule has 0 aliphatic heterocycles. The van der Waals surface area contributed by atoms with E-state index < -0.39 is 0 Å². The summed E-state index contributed by atoms with van der Waals surface area (Å²) in [6.07, 6.45) is 3.26. The highest BCUT2D eigenvalue weighted by Crippen LogP contribution is 1.99. The molecule has 0 unspecified atom stereocenters. The summed E-state index contributed by atoms with van der Waals surface area (Å²) < 4.78 is 0.871. The first-order valence-corrected chi connectivity index (χ1v) is 2.86. The van der Waals surface area contributed by atoms with Gasteiger partial charge in [0.15, 0.2) is 12.4 Å². The van der Waals surface area contributed by atoms with Crippen molar-refractivity contribution < 1.29 is 15.1 Å². The second-order valence-corrected chi connectivity index (χ2v) is 2.23. The summed E-state index contributed by atoms with van der Waals surface area (Å²) in [5.41, 5.74) is 0. The molecule has 0 bridgehead atoms. The van der Waals surface area contributed by atoms with Crippen molar-refractivity contribution in [1.29, 1.82) is 0 Å². The minimum absolute atomic E-state index is 0.0493. The van der Waals surface area contributed by atoms with Crippen molar-refractivity contribution in [3.8, 4) is 6.01 Å². The number of hydrogen-bond donors (Lipinski definition) is 1. The first-order chi connectivity index (χ1) is 3.79. The van der Waals surface area contributed by atoms with Crippen LogP contribution in [0.4, 0.5) is 0 Å². The molecule has 3 N–H and O–H groups in total. The molecule has 0 aliphatic carbocycles. The second-order valence-electron chi connectivity index (χ2n) is 1.31. The van der Waals surface area contributed by atoms with Gasteiger partial charge < -0.3 is 5.11 Å². The number of aromatic hydroxyl groups is 1. The number of rotatable bonds is 0. The smallest absolute Gasteiger partial charge is 0.407 e. The fourth-order valence-electron chi connectivity index (χ4n) is 0.358. The predicted octanol–water partition coefficient (Wildman–Crippen LogP) is -0.217. The van der Waals surface area contributed by atoms with E-state index in [2.05, 4.69) is 25.9 Å². The zero-order valence-electron chi connectivity index (χ0n) is 3.98. The average molecular weight is 177 g/mol. The fraction of sp³-hybridized carbons (Fsp3) is 0. The lowest BCUT2D eigenvalue weighted by atomic mass is 10.7. The molecule has 42 valence electrons. The summed E-state index contributed by atoms with van der Waals surface area (Å²) in [5, 5.41) is 8.62. The lowest BCUT2D eigenvalue weighted by Crippen LogP contribution is -2.14. The summed E-state index contributed by atoms with van der Waals surface area (Å²) in [6.45, 7) is 0. The lowest BCUT2D eigenvalue weighted by Gasteiger charge is -1.72. The Morgan fingerprint density at radius 2 is 1.88 bits per heavy atom. The van der Waals surface area contributed by atoms with E-state index in [1.807, 2.05) is 0 Å². The molecule has 1 rings (SSSR count). The molecule has 8 heavy (non-hydrogen) atoms. The van der Waals surface area contributed by atoms with Crippen LogP contribution in [0, 0.1) is 0 Å². The van der Waals surface area contributed by atoms with Crippen molar-refractivity contribution in [2.45, 2.75) is 0 Å². The highest BCUT2D eigenvalue weighted by Gasteiger charge is 2.02. The van der Waals surface area contributed by atoms with Gasteiger partial charge in [-0.1, -0.05) is 0 Å². The van der Waals surface area contributed by atoms with E-state index in [-0.39, 0.29) is 6.01 Å². The Morgan fingerprint density at radius 3 is 2.25 bits per heavy atom. The van der Waals surface area contributed by atoms with Crippen LogP contribution in [0.15, 0.2) is 16.9 Å². The molecular formula is C4H5BrN2O+2. The average Bonchev–Trinajstić information content (AvgIpc) is 1.77. The van der Waals surface area contributed by atoms with E-state index in [0.717, 1.165) is 4.47 Å². The Labute approximate surface area is 54.5 Å². The third-order valence-electron chi connectivity index (χ3n) is 0.694. The number of halogens is 1. The van der Waals surface area contributed by atoms with Crippen LogP contribution < -0.4 is 9.97 Å². The van der Waals surface area contributed by atoms with Crippen LogP contribution in [0.3, 0.4) is 0 Å². The second kappa shape index (κ2) is 2.09. The van der Waals surface area contributed by atoms with E-state index in [0.29, 0.717) is 0 Å². The first kappa shape index (κ1) is 5.50. The van der Waals surface area contributed by atoms with Gasteiger partial charge in [0.05, 0.1) is 0 Å². The van der Waals surface area contributed by atoms with Gasteiger partial charge in [0.2, 0.25) is 0 Å². The molecule has 0 aliphatic rings. The maximum Gasteiger partial charge on any atom is 0.625 e. The Bertz CT molecular complexity index is 153. The van der Waals surface area contributed by atoms with Crippen LogP contribution in [0.25, 0.3) is 0 Å². The van der Waals surface area contributed by atoms with Crippen molar-refractivity contribution in [3.63, 3.8) is 0 Å². The number of aromatic amines is 2. The highest BCUT2D eigenvalue weighted by atomic mass is 79.9. The van der Waals surface area contributed by atoms with Crippen LogP contribution in [-0.2, 0) is 0 Å². The SMILES string of the molecule is Oc1[nH+]cc(Br)c[nH+]1. The molecule has 4 heteroatoms. The van der Waals surface area contributed by atoms with Gasteiger partial charge >= 0.3 is 6.01 Å². The third-order valence-corrected chi connectivity index (χ3v) is 1.15. The highest BCUT2D eigenvalue weighted by molar-refractivity contribution is 9.10. The molecule has 0 aromatic carbocycles. The summed E-state index contributed by atoms with van der Waals surface area (Å²) >= 11 is 3.17. The summed E-state index contributed by atoms with van der Waals surface area (Å²) in [7, 11) is 0. The van der Waals surface area contributed by atoms with Crippen molar-refractivity contribution in [1.82, 2.24) is 0 Å². The van der Waals surface area contributed by atoms with Crippen LogP contribution in [0.5, 0.6) is 6.01 Å². The van der Waals surface area contributed by atoms with E-state index in [1.165, 1.54) is 0 Å². The summed E-state index contributed by atoms with van der Waals surface area (Å²) in [4.78, 5) is 5.11. The standard InChI is InChI=1S/C4H3BrN2O/c5-3-1-6-4(8)7-2-3/h1-2H,(H,6,7,8)/p+2. The molecule has 1 aromatic heterocycles. The van der Waals surface area contributed by atoms with Crippen LogP contribution in [0.1, 0.15) is 0 Å². The lowest BCUT2D eigenvalue weighted by molar-refractivity contribution is -0.550. The van der Waals surface area contributed by atoms with Crippen LogP contribution in [0.2, 0.25) is 0 Å². The number of hydrogen-bond acceptors (Lipinski definition) is 1. The Hall–Kier alpha value is -0.640. The van der Waals surface area contributed by atoms with Gasteiger partial charge in [-0.05, 0) is 15.9 Å². The summed E-state index contributed by atoms with van der Waals surface area (Å²) in [6, 6.07) is 0.0493. The largest absolute Gasteiger partial charge is 0.625 e. The molecule has 1 heterocycles. The Kier molecular flexibility index (Phi) is 1.43. The molecule has 0 spiro atoms. The van der Waals surface area contributed by atoms with Crippen molar-refractivity contribution in [2.24, 2.45) is 0 Å². The predicted molar refractivity (Wildman–Crippen MR) is 28.9 cm³/mol. The normalized spacial score (nSPS) is 9.12. The Morgan fingerprint density at radius 1 is 1.38 bits per heavy atom. The van der Waals surface area contributed by atoms with E-state index in [4.69, 9.17) is 5.11 Å². The van der Waals surface area contributed by atoms with Gasteiger partial charge in [-0.2, -0.15) is 0 Å². The van der Waals surface area contributed by atoms with E-state index in [9.17, 15) is 0 Å². The molecule has 0 saturated heterocycles. The Balaban J connectivity index is 3.03. The first-order valence-electron chi connectivity index (χ1n) is 2.07. The summed E-state index contributed by atoms with van der Waals surface area (Å²) in [5.74, 6) is 0. The van der Waals surface area contributed by atoms with Gasteiger partial charge in [-0.25, -0.2) is 0 Å².